The lowest BCUT2D eigenvalue weighted by atomic mass is 9.95. The van der Waals surface area contributed by atoms with Gasteiger partial charge in [0.2, 0.25) is 5.91 Å². The van der Waals surface area contributed by atoms with Crippen molar-refractivity contribution in [1.29, 1.82) is 0 Å². The van der Waals surface area contributed by atoms with Crippen LogP contribution >= 0.6 is 0 Å². The van der Waals surface area contributed by atoms with Crippen molar-refractivity contribution < 1.29 is 24.2 Å². The first-order valence-corrected chi connectivity index (χ1v) is 11.9. The standard InChI is InChI=1S/C27H34N2O5/c1-5-16(3)23(25(30)28-24(26(31)32)17(4)6-2)29-27(33)34-15-22-20-13-9-7-11-18(20)19-12-8-10-14-21(19)22/h7-14,16-17,22-24H,5-6,15H2,1-4H3,(H,28,30)(H,29,33)(H,31,32)/t16?,17-,23-,24-/m0/s1. The van der Waals surface area contributed by atoms with Crippen LogP contribution in [-0.2, 0) is 14.3 Å². The van der Waals surface area contributed by atoms with Crippen LogP contribution in [0.1, 0.15) is 57.6 Å². The molecule has 2 aromatic rings. The maximum Gasteiger partial charge on any atom is 0.407 e. The molecule has 0 fully saturated rings. The number of ether oxygens (including phenoxy) is 1. The number of rotatable bonds is 10. The number of aliphatic carboxylic acids is 1. The summed E-state index contributed by atoms with van der Waals surface area (Å²) in [5, 5.41) is 14.8. The van der Waals surface area contributed by atoms with Crippen molar-refractivity contribution in [3.05, 3.63) is 59.7 Å². The lowest BCUT2D eigenvalue weighted by molar-refractivity contribution is -0.143. The van der Waals surface area contributed by atoms with E-state index in [1.807, 2.05) is 57.2 Å². The first-order chi connectivity index (χ1) is 16.3. The SMILES string of the molecule is CCC(C)[C@H](NC(=O)OCC1c2ccccc2-c2ccccc21)C(=O)N[C@H](C(=O)O)[C@@H](C)CC. The van der Waals surface area contributed by atoms with Crippen LogP contribution in [0, 0.1) is 11.8 Å². The highest BCUT2D eigenvalue weighted by Gasteiger charge is 2.33. The molecule has 0 aliphatic heterocycles. The number of hydrogen-bond acceptors (Lipinski definition) is 4. The van der Waals surface area contributed by atoms with Crippen LogP contribution in [0.4, 0.5) is 4.79 Å². The lowest BCUT2D eigenvalue weighted by Gasteiger charge is -2.27. The van der Waals surface area contributed by atoms with E-state index in [1.54, 1.807) is 6.92 Å². The molecule has 3 N–H and O–H groups in total. The zero-order chi connectivity index (χ0) is 24.8. The molecule has 0 radical (unpaired) electrons. The third kappa shape index (κ3) is 5.41. The van der Waals surface area contributed by atoms with Crippen LogP contribution < -0.4 is 10.6 Å². The van der Waals surface area contributed by atoms with E-state index in [-0.39, 0.29) is 24.4 Å². The Bertz CT molecular complexity index is 992. The second-order valence-corrected chi connectivity index (χ2v) is 9.04. The second kappa shape index (κ2) is 11.2. The van der Waals surface area contributed by atoms with Crippen molar-refractivity contribution in [2.75, 3.05) is 6.61 Å². The maximum absolute atomic E-state index is 13.0. The van der Waals surface area contributed by atoms with Crippen LogP contribution in [-0.4, -0.2) is 41.8 Å². The Hall–Kier alpha value is -3.35. The molecule has 3 rings (SSSR count). The first-order valence-electron chi connectivity index (χ1n) is 11.9. The number of carbonyl (C=O) groups is 3. The summed E-state index contributed by atoms with van der Waals surface area (Å²) >= 11 is 0. The molecule has 0 bridgehead atoms. The molecule has 7 heteroatoms. The minimum atomic E-state index is -1.09. The van der Waals surface area contributed by atoms with E-state index >= 15 is 0 Å². The van der Waals surface area contributed by atoms with E-state index in [0.717, 1.165) is 22.3 Å². The van der Waals surface area contributed by atoms with Crippen molar-refractivity contribution in [1.82, 2.24) is 10.6 Å². The molecule has 0 heterocycles. The fourth-order valence-electron chi connectivity index (χ4n) is 4.40. The zero-order valence-corrected chi connectivity index (χ0v) is 20.2. The minimum absolute atomic E-state index is 0.0872. The quantitative estimate of drug-likeness (QED) is 0.476. The first kappa shape index (κ1) is 25.3. The van der Waals surface area contributed by atoms with Crippen LogP contribution in [0.25, 0.3) is 11.1 Å². The van der Waals surface area contributed by atoms with Gasteiger partial charge in [-0.15, -0.1) is 0 Å². The maximum atomic E-state index is 13.0. The molecule has 0 saturated heterocycles. The molecule has 1 unspecified atom stereocenters. The van der Waals surface area contributed by atoms with Crippen LogP contribution in [0.3, 0.4) is 0 Å². The number of carbonyl (C=O) groups excluding carboxylic acids is 2. The van der Waals surface area contributed by atoms with Crippen molar-refractivity contribution in [2.24, 2.45) is 11.8 Å². The number of benzene rings is 2. The van der Waals surface area contributed by atoms with Gasteiger partial charge in [-0.05, 0) is 34.1 Å². The molecule has 2 amide bonds. The summed E-state index contributed by atoms with van der Waals surface area (Å²) in [6, 6.07) is 14.2. The van der Waals surface area contributed by atoms with Gasteiger partial charge >= 0.3 is 12.1 Å². The Morgan fingerprint density at radius 2 is 1.35 bits per heavy atom. The average molecular weight is 467 g/mol. The number of hydrogen-bond donors (Lipinski definition) is 3. The Kier molecular flexibility index (Phi) is 8.31. The summed E-state index contributed by atoms with van der Waals surface area (Å²) in [6.45, 7) is 7.53. The monoisotopic (exact) mass is 466 g/mol. The highest BCUT2D eigenvalue weighted by atomic mass is 16.5. The summed E-state index contributed by atoms with van der Waals surface area (Å²) in [6.07, 6.45) is 0.533. The van der Waals surface area contributed by atoms with Crippen LogP contribution in [0.2, 0.25) is 0 Å². The zero-order valence-electron chi connectivity index (χ0n) is 20.2. The van der Waals surface area contributed by atoms with E-state index in [9.17, 15) is 19.5 Å². The third-order valence-electron chi connectivity index (χ3n) is 6.89. The van der Waals surface area contributed by atoms with E-state index in [2.05, 4.69) is 22.8 Å². The largest absolute Gasteiger partial charge is 0.480 e. The van der Waals surface area contributed by atoms with Gasteiger partial charge in [0.15, 0.2) is 0 Å². The molecule has 34 heavy (non-hydrogen) atoms. The average Bonchev–Trinajstić information content (AvgIpc) is 3.17. The second-order valence-electron chi connectivity index (χ2n) is 9.04. The number of carboxylic acids is 1. The topological polar surface area (TPSA) is 105 Å². The molecule has 0 aromatic heterocycles. The van der Waals surface area contributed by atoms with Crippen molar-refractivity contribution in [3.63, 3.8) is 0 Å². The highest BCUT2D eigenvalue weighted by Crippen LogP contribution is 2.44. The summed E-state index contributed by atoms with van der Waals surface area (Å²) in [5.74, 6) is -2.14. The number of fused-ring (bicyclic) bond motifs is 3. The van der Waals surface area contributed by atoms with Gasteiger partial charge in [0.05, 0.1) is 0 Å². The fraction of sp³-hybridized carbons (Fsp3) is 0.444. The van der Waals surface area contributed by atoms with E-state index < -0.39 is 30.1 Å². The smallest absolute Gasteiger partial charge is 0.407 e. The van der Waals surface area contributed by atoms with E-state index in [4.69, 9.17) is 4.74 Å². The normalized spacial score (nSPS) is 15.9. The number of alkyl carbamates (subject to hydrolysis) is 1. The number of nitrogens with one attached hydrogen (secondary N) is 2. The minimum Gasteiger partial charge on any atom is -0.480 e. The molecular formula is C27H34N2O5. The number of carboxylic acid groups (broad SMARTS) is 1. The van der Waals surface area contributed by atoms with Crippen LogP contribution in [0.5, 0.6) is 0 Å². The summed E-state index contributed by atoms with van der Waals surface area (Å²) in [4.78, 5) is 37.3. The van der Waals surface area contributed by atoms with E-state index in [1.165, 1.54) is 0 Å². The fourth-order valence-corrected chi connectivity index (χ4v) is 4.40. The predicted octanol–water partition coefficient (Wildman–Crippen LogP) is 4.56. The van der Waals surface area contributed by atoms with Gasteiger partial charge < -0.3 is 20.5 Å². The van der Waals surface area contributed by atoms with Gasteiger partial charge in [0.1, 0.15) is 18.7 Å². The molecule has 0 saturated carbocycles. The molecule has 7 nitrogen and oxygen atoms in total. The van der Waals surface area contributed by atoms with Crippen molar-refractivity contribution in [3.8, 4) is 11.1 Å². The Balaban J connectivity index is 1.69. The van der Waals surface area contributed by atoms with Gasteiger partial charge in [-0.2, -0.15) is 0 Å². The van der Waals surface area contributed by atoms with Gasteiger partial charge in [-0.1, -0.05) is 89.1 Å². The van der Waals surface area contributed by atoms with E-state index in [0.29, 0.717) is 12.8 Å². The lowest BCUT2D eigenvalue weighted by Crippen LogP contribution is -2.55. The Morgan fingerprint density at radius 1 is 0.853 bits per heavy atom. The molecular weight excluding hydrogens is 432 g/mol. The van der Waals surface area contributed by atoms with Crippen molar-refractivity contribution >= 4 is 18.0 Å². The molecule has 0 spiro atoms. The Morgan fingerprint density at radius 3 is 1.85 bits per heavy atom. The number of amides is 2. The van der Waals surface area contributed by atoms with Crippen molar-refractivity contribution in [2.45, 2.75) is 58.5 Å². The summed E-state index contributed by atoms with van der Waals surface area (Å²) < 4.78 is 5.59. The summed E-state index contributed by atoms with van der Waals surface area (Å²) in [5.41, 5.74) is 4.47. The molecule has 4 atom stereocenters. The molecule has 2 aromatic carbocycles. The molecule has 182 valence electrons. The predicted molar refractivity (Wildman–Crippen MR) is 130 cm³/mol. The van der Waals surface area contributed by atoms with Crippen LogP contribution in [0.15, 0.2) is 48.5 Å². The summed E-state index contributed by atoms with van der Waals surface area (Å²) in [7, 11) is 0. The third-order valence-corrected chi connectivity index (χ3v) is 6.89. The highest BCUT2D eigenvalue weighted by molar-refractivity contribution is 5.89. The van der Waals surface area contributed by atoms with Gasteiger partial charge in [0.25, 0.3) is 0 Å². The van der Waals surface area contributed by atoms with Gasteiger partial charge in [-0.3, -0.25) is 4.79 Å². The Labute approximate surface area is 200 Å². The molecule has 1 aliphatic carbocycles. The van der Waals surface area contributed by atoms with Gasteiger partial charge in [0, 0.05) is 5.92 Å². The molecule has 1 aliphatic rings. The van der Waals surface area contributed by atoms with Gasteiger partial charge in [-0.25, -0.2) is 9.59 Å².